The predicted molar refractivity (Wildman–Crippen MR) is 143 cm³/mol. The Morgan fingerprint density at radius 2 is 1.43 bits per heavy atom. The molecule has 1 saturated heterocycles. The van der Waals surface area contributed by atoms with E-state index in [0.717, 1.165) is 32.1 Å². The minimum absolute atomic E-state index is 0.179. The first-order valence-corrected chi connectivity index (χ1v) is 13.4. The van der Waals surface area contributed by atoms with Gasteiger partial charge in [0.15, 0.2) is 6.29 Å². The third-order valence-corrected chi connectivity index (χ3v) is 5.88. The lowest BCUT2D eigenvalue weighted by Gasteiger charge is -2.39. The monoisotopic (exact) mass is 525 g/mol. The minimum atomic E-state index is -1.55. The number of rotatable bonds is 19. The summed E-state index contributed by atoms with van der Waals surface area (Å²) in [6.07, 6.45) is 18.3. The summed E-state index contributed by atoms with van der Waals surface area (Å²) < 4.78 is 10.6. The van der Waals surface area contributed by atoms with Crippen LogP contribution in [0, 0.1) is 0 Å². The largest absolute Gasteiger partial charge is 0.394 e. The molecule has 1 rings (SSSR count). The number of aliphatic hydroxyl groups is 5. The predicted octanol–water partition coefficient (Wildman–Crippen LogP) is 2.04. The molecule has 0 saturated carbocycles. The van der Waals surface area contributed by atoms with Crippen molar-refractivity contribution in [2.24, 2.45) is 0 Å². The summed E-state index contributed by atoms with van der Waals surface area (Å²) in [5.41, 5.74) is 0. The number of ether oxygens (including phenoxy) is 2. The average molecular weight is 526 g/mol. The van der Waals surface area contributed by atoms with Gasteiger partial charge in [0.05, 0.1) is 25.9 Å². The molecule has 1 heterocycles. The van der Waals surface area contributed by atoms with Crippen LogP contribution in [0.15, 0.2) is 48.6 Å². The molecule has 0 unspecified atom stereocenters. The van der Waals surface area contributed by atoms with Crippen LogP contribution in [0.1, 0.15) is 64.7 Å². The number of aliphatic hydroxyl groups excluding tert-OH is 5. The van der Waals surface area contributed by atoms with Gasteiger partial charge in [0.25, 0.3) is 0 Å². The first-order chi connectivity index (χ1) is 17.9. The van der Waals surface area contributed by atoms with Crippen molar-refractivity contribution in [3.8, 4) is 0 Å². The molecule has 0 aromatic heterocycles. The summed E-state index contributed by atoms with van der Waals surface area (Å²) in [4.78, 5) is 12.2. The molecule has 6 N–H and O–H groups in total. The van der Waals surface area contributed by atoms with Crippen LogP contribution in [0.3, 0.4) is 0 Å². The number of unbranched alkanes of at least 4 members (excludes halogenated alkanes) is 3. The molecule has 0 aromatic carbocycles. The van der Waals surface area contributed by atoms with Gasteiger partial charge in [0, 0.05) is 6.42 Å². The Kier molecular flexibility index (Phi) is 18.9. The van der Waals surface area contributed by atoms with Gasteiger partial charge in [-0.2, -0.15) is 0 Å². The molecule has 212 valence electrons. The number of allylic oxidation sites excluding steroid dienone is 8. The van der Waals surface area contributed by atoms with Crippen molar-refractivity contribution in [2.45, 2.75) is 101 Å². The van der Waals surface area contributed by atoms with Crippen molar-refractivity contribution in [2.75, 3.05) is 19.8 Å². The van der Waals surface area contributed by atoms with Gasteiger partial charge in [-0.25, -0.2) is 0 Å². The maximum atomic E-state index is 12.2. The first-order valence-electron chi connectivity index (χ1n) is 13.4. The standard InChI is InChI=1S/C28H47NO8/c1-2-3-4-5-6-7-8-9-10-11-12-13-14-15-16-17-18-24(32)29-22(19-30)21-36-28-27(35)26(34)25(33)23(20-31)37-28/h5-6,8-9,11-12,14-15,22-23,25-28,30-31,33-35H,2-4,7,10,13,16-21H2,1H3,(H,29,32)/b6-5+,9-8+,12-11+,15-14+/t22-,23+,25-,26-,27+,28-/m0/s1. The van der Waals surface area contributed by atoms with Crippen molar-refractivity contribution < 1.29 is 39.8 Å². The van der Waals surface area contributed by atoms with E-state index in [4.69, 9.17) is 9.47 Å². The second-order valence-corrected chi connectivity index (χ2v) is 9.10. The second kappa shape index (κ2) is 21.1. The summed E-state index contributed by atoms with van der Waals surface area (Å²) in [6, 6.07) is -0.730. The lowest BCUT2D eigenvalue weighted by molar-refractivity contribution is -0.302. The van der Waals surface area contributed by atoms with E-state index in [2.05, 4.69) is 54.8 Å². The molecule has 0 radical (unpaired) electrons. The number of amides is 1. The molecule has 1 aliphatic rings. The molecule has 1 fully saturated rings. The van der Waals surface area contributed by atoms with Gasteiger partial charge in [-0.1, -0.05) is 68.4 Å². The van der Waals surface area contributed by atoms with Crippen LogP contribution in [0.25, 0.3) is 0 Å². The maximum Gasteiger partial charge on any atom is 0.220 e. The van der Waals surface area contributed by atoms with E-state index in [-0.39, 0.29) is 25.5 Å². The van der Waals surface area contributed by atoms with Crippen LogP contribution in [-0.2, 0) is 14.3 Å². The SMILES string of the molecule is CCCC/C=C/C/C=C/C/C=C/C/C=C/CCCC(=O)N[C@@H](CO)CO[C@H]1O[C@H](CO)[C@H](O)[C@H](O)[C@H]1O. The fraction of sp³-hybridized carbons (Fsp3) is 0.679. The quantitative estimate of drug-likeness (QED) is 0.111. The fourth-order valence-electron chi connectivity index (χ4n) is 3.61. The maximum absolute atomic E-state index is 12.2. The van der Waals surface area contributed by atoms with Gasteiger partial charge in [-0.3, -0.25) is 4.79 Å². The van der Waals surface area contributed by atoms with E-state index in [0.29, 0.717) is 6.42 Å². The molecule has 1 amide bonds. The number of carbonyl (C=O) groups is 1. The lowest BCUT2D eigenvalue weighted by atomic mass is 9.99. The summed E-state index contributed by atoms with van der Waals surface area (Å²) >= 11 is 0. The van der Waals surface area contributed by atoms with E-state index < -0.39 is 43.4 Å². The summed E-state index contributed by atoms with van der Waals surface area (Å²) in [7, 11) is 0. The third-order valence-electron chi connectivity index (χ3n) is 5.88. The normalized spacial score (nSPS) is 25.6. The minimum Gasteiger partial charge on any atom is -0.394 e. The number of hydrogen-bond donors (Lipinski definition) is 6. The van der Waals surface area contributed by atoms with E-state index in [1.165, 1.54) is 12.8 Å². The highest BCUT2D eigenvalue weighted by molar-refractivity contribution is 5.76. The van der Waals surface area contributed by atoms with Crippen LogP contribution < -0.4 is 5.32 Å². The van der Waals surface area contributed by atoms with Crippen molar-refractivity contribution in [1.82, 2.24) is 5.32 Å². The lowest BCUT2D eigenvalue weighted by Crippen LogP contribution is -2.59. The van der Waals surface area contributed by atoms with Crippen LogP contribution in [0.2, 0.25) is 0 Å². The fourth-order valence-corrected chi connectivity index (χ4v) is 3.61. The Morgan fingerprint density at radius 3 is 1.97 bits per heavy atom. The summed E-state index contributed by atoms with van der Waals surface area (Å²) in [6.45, 7) is 1.07. The molecule has 6 atom stereocenters. The highest BCUT2D eigenvalue weighted by Crippen LogP contribution is 2.22. The zero-order chi connectivity index (χ0) is 27.3. The smallest absolute Gasteiger partial charge is 0.220 e. The van der Waals surface area contributed by atoms with Gasteiger partial charge in [0.1, 0.15) is 24.4 Å². The molecule has 9 heteroatoms. The van der Waals surface area contributed by atoms with E-state index >= 15 is 0 Å². The molecule has 0 spiro atoms. The number of carbonyl (C=O) groups excluding carboxylic acids is 1. The Labute approximate surface area is 221 Å². The van der Waals surface area contributed by atoms with Crippen LogP contribution >= 0.6 is 0 Å². The van der Waals surface area contributed by atoms with Gasteiger partial charge in [0.2, 0.25) is 5.91 Å². The van der Waals surface area contributed by atoms with Crippen molar-refractivity contribution in [1.29, 1.82) is 0 Å². The summed E-state index contributed by atoms with van der Waals surface area (Å²) in [5.74, 6) is -0.239. The van der Waals surface area contributed by atoms with E-state index in [9.17, 15) is 30.3 Å². The molecule has 0 aromatic rings. The van der Waals surface area contributed by atoms with Crippen LogP contribution in [0.5, 0.6) is 0 Å². The van der Waals surface area contributed by atoms with Crippen LogP contribution in [-0.4, -0.2) is 88.0 Å². The number of hydrogen-bond acceptors (Lipinski definition) is 8. The highest BCUT2D eigenvalue weighted by Gasteiger charge is 2.44. The molecule has 0 bridgehead atoms. The third kappa shape index (κ3) is 14.6. The number of nitrogens with one attached hydrogen (secondary N) is 1. The topological polar surface area (TPSA) is 149 Å². The van der Waals surface area contributed by atoms with E-state index in [1.54, 1.807) is 0 Å². The average Bonchev–Trinajstić information content (AvgIpc) is 2.90. The summed E-state index contributed by atoms with van der Waals surface area (Å²) in [5, 5.41) is 51.0. The Bertz CT molecular complexity index is 706. The van der Waals surface area contributed by atoms with Gasteiger partial charge in [-0.15, -0.1) is 0 Å². The molecular weight excluding hydrogens is 478 g/mol. The Morgan fingerprint density at radius 1 is 0.865 bits per heavy atom. The molecule has 0 aliphatic carbocycles. The first kappa shape index (κ1) is 33.2. The van der Waals surface area contributed by atoms with Gasteiger partial charge >= 0.3 is 0 Å². The molecular formula is C28H47NO8. The van der Waals surface area contributed by atoms with E-state index in [1.807, 2.05) is 6.08 Å². The van der Waals surface area contributed by atoms with Crippen molar-refractivity contribution in [3.05, 3.63) is 48.6 Å². The highest BCUT2D eigenvalue weighted by atomic mass is 16.7. The van der Waals surface area contributed by atoms with Crippen molar-refractivity contribution >= 4 is 5.91 Å². The van der Waals surface area contributed by atoms with Gasteiger partial charge < -0.3 is 40.3 Å². The molecule has 1 aliphatic heterocycles. The zero-order valence-corrected chi connectivity index (χ0v) is 22.0. The molecule has 37 heavy (non-hydrogen) atoms. The Hall–Kier alpha value is -1.85. The second-order valence-electron chi connectivity index (χ2n) is 9.10. The molecule has 9 nitrogen and oxygen atoms in total. The van der Waals surface area contributed by atoms with Gasteiger partial charge in [-0.05, 0) is 38.5 Å². The van der Waals surface area contributed by atoms with Crippen LogP contribution in [0.4, 0.5) is 0 Å². The zero-order valence-electron chi connectivity index (χ0n) is 22.0. The van der Waals surface area contributed by atoms with Crippen molar-refractivity contribution in [3.63, 3.8) is 0 Å². The Balaban J connectivity index is 2.16.